The second kappa shape index (κ2) is 11.2. The number of nitrogens with zero attached hydrogens (tertiary/aromatic N) is 2. The Morgan fingerprint density at radius 1 is 1.03 bits per heavy atom. The number of amides is 2. The van der Waals surface area contributed by atoms with Crippen molar-refractivity contribution in [2.45, 2.75) is 37.6 Å². The van der Waals surface area contributed by atoms with Gasteiger partial charge < -0.3 is 15.1 Å². The maximum absolute atomic E-state index is 12.5. The topological polar surface area (TPSA) is 52.7 Å². The molecule has 0 saturated carbocycles. The van der Waals surface area contributed by atoms with Crippen LogP contribution in [-0.4, -0.2) is 53.5 Å². The minimum absolute atomic E-state index is 0.0386. The molecule has 2 aromatic carbocycles. The number of carbonyl (C=O) groups excluding carboxylic acids is 2. The molecule has 4 rings (SSSR count). The third-order valence-electron chi connectivity index (χ3n) is 6.08. The number of benzene rings is 2. The average Bonchev–Trinajstić information content (AvgIpc) is 3.19. The number of rotatable bonds is 8. The molecule has 2 aliphatic heterocycles. The first-order valence-electron chi connectivity index (χ1n) is 11.4. The highest BCUT2D eigenvalue weighted by Gasteiger charge is 2.32. The molecule has 2 amide bonds. The number of likely N-dealkylation sites (tertiary alicyclic amines) is 1. The number of nitrogens with one attached hydrogen (secondary N) is 1. The molecule has 0 bridgehead atoms. The van der Waals surface area contributed by atoms with E-state index in [0.717, 1.165) is 24.1 Å². The second-order valence-corrected chi connectivity index (χ2v) is 9.95. The van der Waals surface area contributed by atoms with Gasteiger partial charge in [0.25, 0.3) is 5.91 Å². The molecule has 2 aliphatic rings. The summed E-state index contributed by atoms with van der Waals surface area (Å²) in [5, 5.41) is 3.68. The van der Waals surface area contributed by atoms with E-state index < -0.39 is 0 Å². The van der Waals surface area contributed by atoms with E-state index in [9.17, 15) is 9.59 Å². The minimum Gasteiger partial charge on any atom is -0.352 e. The summed E-state index contributed by atoms with van der Waals surface area (Å²) in [6, 6.07) is 15.3. The lowest BCUT2D eigenvalue weighted by atomic mass is 10.1. The molecular weight excluding hydrogens is 442 g/mol. The molecule has 0 aromatic heterocycles. The molecule has 7 heteroatoms. The lowest BCUT2D eigenvalue weighted by Gasteiger charge is -2.26. The average molecular weight is 472 g/mol. The van der Waals surface area contributed by atoms with Gasteiger partial charge in [-0.05, 0) is 74.3 Å². The predicted molar refractivity (Wildman–Crippen MR) is 131 cm³/mol. The first kappa shape index (κ1) is 23.1. The lowest BCUT2D eigenvalue weighted by Crippen LogP contribution is -2.33. The Morgan fingerprint density at radius 3 is 2.47 bits per heavy atom. The zero-order valence-corrected chi connectivity index (χ0v) is 19.8. The van der Waals surface area contributed by atoms with Crippen LogP contribution in [0.3, 0.4) is 0 Å². The summed E-state index contributed by atoms with van der Waals surface area (Å²) in [4.78, 5) is 29.4. The van der Waals surface area contributed by atoms with Crippen molar-refractivity contribution in [1.82, 2.24) is 15.1 Å². The fourth-order valence-electron chi connectivity index (χ4n) is 4.28. The van der Waals surface area contributed by atoms with E-state index in [4.69, 9.17) is 11.6 Å². The van der Waals surface area contributed by atoms with Crippen LogP contribution in [0.2, 0.25) is 5.02 Å². The van der Waals surface area contributed by atoms with Crippen LogP contribution < -0.4 is 5.32 Å². The van der Waals surface area contributed by atoms with Crippen molar-refractivity contribution in [2.24, 2.45) is 0 Å². The second-order valence-electron chi connectivity index (χ2n) is 8.45. The van der Waals surface area contributed by atoms with Crippen molar-refractivity contribution < 1.29 is 9.59 Å². The summed E-state index contributed by atoms with van der Waals surface area (Å²) < 4.78 is 0. The summed E-state index contributed by atoms with van der Waals surface area (Å²) in [6.45, 7) is 4.67. The summed E-state index contributed by atoms with van der Waals surface area (Å²) >= 11 is 7.60. The van der Waals surface area contributed by atoms with Crippen LogP contribution in [0.4, 0.5) is 0 Å². The van der Waals surface area contributed by atoms with Crippen molar-refractivity contribution in [3.8, 4) is 0 Å². The van der Waals surface area contributed by atoms with E-state index >= 15 is 0 Å². The maximum atomic E-state index is 12.5. The van der Waals surface area contributed by atoms with Crippen molar-refractivity contribution in [1.29, 1.82) is 0 Å². The number of hydrogen-bond donors (Lipinski definition) is 1. The van der Waals surface area contributed by atoms with E-state index in [-0.39, 0.29) is 17.2 Å². The molecule has 0 spiro atoms. The van der Waals surface area contributed by atoms with Crippen LogP contribution in [0.5, 0.6) is 0 Å². The van der Waals surface area contributed by atoms with Crippen molar-refractivity contribution >= 4 is 35.2 Å². The molecule has 5 nitrogen and oxygen atoms in total. The van der Waals surface area contributed by atoms with Gasteiger partial charge in [-0.3, -0.25) is 9.59 Å². The molecule has 2 heterocycles. The Morgan fingerprint density at radius 2 is 1.75 bits per heavy atom. The van der Waals surface area contributed by atoms with Crippen LogP contribution in [0.15, 0.2) is 48.5 Å². The standard InChI is InChI=1S/C25H30ClN3O2S/c26-22-11-5-19(6-12-22)17-29-23(30)18-32-25(29)21-9-7-20(8-10-21)24(31)27-13-4-16-28-14-2-1-3-15-28/h5-12,25H,1-4,13-18H2,(H,27,31)/t25-/m0/s1. The Kier molecular flexibility index (Phi) is 8.11. The molecule has 170 valence electrons. The summed E-state index contributed by atoms with van der Waals surface area (Å²) in [7, 11) is 0. The van der Waals surface area contributed by atoms with Gasteiger partial charge in [-0.1, -0.05) is 42.3 Å². The Balaban J connectivity index is 1.30. The summed E-state index contributed by atoms with van der Waals surface area (Å²) in [5.74, 6) is 0.561. The number of halogens is 1. The molecule has 2 aromatic rings. The van der Waals surface area contributed by atoms with Gasteiger partial charge in [0.15, 0.2) is 0 Å². The number of hydrogen-bond acceptors (Lipinski definition) is 4. The molecule has 1 atom stereocenters. The first-order valence-corrected chi connectivity index (χ1v) is 12.8. The van der Waals surface area contributed by atoms with Gasteiger partial charge in [0.2, 0.25) is 5.91 Å². The lowest BCUT2D eigenvalue weighted by molar-refractivity contribution is -0.128. The van der Waals surface area contributed by atoms with E-state index in [1.54, 1.807) is 11.8 Å². The van der Waals surface area contributed by atoms with E-state index in [0.29, 0.717) is 29.4 Å². The highest BCUT2D eigenvalue weighted by molar-refractivity contribution is 8.00. The van der Waals surface area contributed by atoms with Gasteiger partial charge in [-0.2, -0.15) is 0 Å². The normalized spacial score (nSPS) is 19.3. The minimum atomic E-state index is -0.0418. The van der Waals surface area contributed by atoms with Crippen molar-refractivity contribution in [3.05, 3.63) is 70.2 Å². The highest BCUT2D eigenvalue weighted by Crippen LogP contribution is 2.39. The van der Waals surface area contributed by atoms with Crippen LogP contribution in [0, 0.1) is 0 Å². The van der Waals surface area contributed by atoms with E-state index in [1.165, 1.54) is 32.4 Å². The van der Waals surface area contributed by atoms with Crippen LogP contribution in [0.25, 0.3) is 0 Å². The smallest absolute Gasteiger partial charge is 0.251 e. The van der Waals surface area contributed by atoms with Gasteiger partial charge >= 0.3 is 0 Å². The molecular formula is C25H30ClN3O2S. The van der Waals surface area contributed by atoms with Gasteiger partial charge in [0.1, 0.15) is 5.37 Å². The molecule has 0 aliphatic carbocycles. The van der Waals surface area contributed by atoms with Gasteiger partial charge in [-0.15, -0.1) is 11.8 Å². The van der Waals surface area contributed by atoms with Gasteiger partial charge in [0, 0.05) is 23.7 Å². The third-order valence-corrected chi connectivity index (χ3v) is 7.59. The largest absolute Gasteiger partial charge is 0.352 e. The fourth-order valence-corrected chi connectivity index (χ4v) is 5.59. The summed E-state index contributed by atoms with van der Waals surface area (Å²) in [6.07, 6.45) is 4.90. The number of piperidine rings is 1. The van der Waals surface area contributed by atoms with Crippen LogP contribution in [-0.2, 0) is 11.3 Å². The van der Waals surface area contributed by atoms with Crippen LogP contribution in [0.1, 0.15) is 52.5 Å². The zero-order valence-electron chi connectivity index (χ0n) is 18.3. The summed E-state index contributed by atoms with van der Waals surface area (Å²) in [5.41, 5.74) is 2.75. The molecule has 0 unspecified atom stereocenters. The van der Waals surface area contributed by atoms with E-state index in [2.05, 4.69) is 10.2 Å². The molecule has 2 fully saturated rings. The van der Waals surface area contributed by atoms with Crippen LogP contribution >= 0.6 is 23.4 Å². The SMILES string of the molecule is O=C(NCCCN1CCCCC1)c1ccc([C@@H]2SCC(=O)N2Cc2ccc(Cl)cc2)cc1. The maximum Gasteiger partial charge on any atom is 0.251 e. The predicted octanol–water partition coefficient (Wildman–Crippen LogP) is 4.72. The molecule has 0 radical (unpaired) electrons. The highest BCUT2D eigenvalue weighted by atomic mass is 35.5. The number of carbonyl (C=O) groups is 2. The molecule has 2 saturated heterocycles. The fraction of sp³-hybridized carbons (Fsp3) is 0.440. The first-order chi connectivity index (χ1) is 15.6. The molecule has 32 heavy (non-hydrogen) atoms. The molecule has 1 N–H and O–H groups in total. The Labute approximate surface area is 199 Å². The monoisotopic (exact) mass is 471 g/mol. The van der Waals surface area contributed by atoms with E-state index in [1.807, 2.05) is 53.4 Å². The third kappa shape index (κ3) is 6.06. The Bertz CT molecular complexity index is 914. The van der Waals surface area contributed by atoms with Crippen molar-refractivity contribution in [3.63, 3.8) is 0 Å². The quantitative estimate of drug-likeness (QED) is 0.566. The number of thioether (sulfide) groups is 1. The zero-order chi connectivity index (χ0) is 22.3. The van der Waals surface area contributed by atoms with Gasteiger partial charge in [0.05, 0.1) is 5.75 Å². The Hall–Kier alpha value is -2.02. The van der Waals surface area contributed by atoms with Crippen molar-refractivity contribution in [2.75, 3.05) is 31.9 Å². The van der Waals surface area contributed by atoms with Gasteiger partial charge in [-0.25, -0.2) is 0 Å².